The Labute approximate surface area is 114 Å². The monoisotopic (exact) mass is 265 g/mol. The first-order valence-corrected chi connectivity index (χ1v) is 7.11. The SMILES string of the molecule is CCc1cc([C@H]2CCCN2C(=O)NCC(C)C)on1. The lowest BCUT2D eigenvalue weighted by atomic mass is 10.1. The molecule has 0 aromatic carbocycles. The van der Waals surface area contributed by atoms with Gasteiger partial charge < -0.3 is 14.7 Å². The van der Waals surface area contributed by atoms with Gasteiger partial charge in [-0.2, -0.15) is 0 Å². The fourth-order valence-electron chi connectivity index (χ4n) is 2.35. The summed E-state index contributed by atoms with van der Waals surface area (Å²) >= 11 is 0. The van der Waals surface area contributed by atoms with E-state index in [4.69, 9.17) is 4.52 Å². The van der Waals surface area contributed by atoms with E-state index in [1.54, 1.807) is 0 Å². The third-order valence-electron chi connectivity index (χ3n) is 3.44. The summed E-state index contributed by atoms with van der Waals surface area (Å²) in [6.45, 7) is 7.72. The highest BCUT2D eigenvalue weighted by Gasteiger charge is 2.32. The van der Waals surface area contributed by atoms with Gasteiger partial charge in [0, 0.05) is 19.2 Å². The molecule has 1 atom stereocenters. The van der Waals surface area contributed by atoms with Gasteiger partial charge in [0.15, 0.2) is 5.76 Å². The molecule has 1 N–H and O–H groups in total. The predicted octanol–water partition coefficient (Wildman–Crippen LogP) is 2.74. The van der Waals surface area contributed by atoms with Crippen LogP contribution >= 0.6 is 0 Å². The molecule has 1 saturated heterocycles. The van der Waals surface area contributed by atoms with Crippen molar-refractivity contribution in [1.29, 1.82) is 0 Å². The Morgan fingerprint density at radius 1 is 1.63 bits per heavy atom. The number of rotatable bonds is 4. The zero-order valence-corrected chi connectivity index (χ0v) is 12.0. The molecule has 106 valence electrons. The number of nitrogens with one attached hydrogen (secondary N) is 1. The van der Waals surface area contributed by atoms with E-state index in [1.807, 2.05) is 17.9 Å². The highest BCUT2D eigenvalue weighted by atomic mass is 16.5. The van der Waals surface area contributed by atoms with E-state index in [0.717, 1.165) is 37.3 Å². The molecule has 0 aliphatic carbocycles. The Morgan fingerprint density at radius 2 is 2.42 bits per heavy atom. The third kappa shape index (κ3) is 3.28. The van der Waals surface area contributed by atoms with Crippen LogP contribution in [0.4, 0.5) is 4.79 Å². The number of hydrogen-bond acceptors (Lipinski definition) is 3. The molecular formula is C14H23N3O2. The number of aryl methyl sites for hydroxylation is 1. The number of carbonyl (C=O) groups excluding carboxylic acids is 1. The molecule has 0 spiro atoms. The molecule has 19 heavy (non-hydrogen) atoms. The lowest BCUT2D eigenvalue weighted by Gasteiger charge is -2.23. The Kier molecular flexibility index (Phi) is 4.45. The maximum atomic E-state index is 12.2. The van der Waals surface area contributed by atoms with Crippen molar-refractivity contribution in [3.63, 3.8) is 0 Å². The maximum absolute atomic E-state index is 12.2. The second-order valence-electron chi connectivity index (χ2n) is 5.51. The third-order valence-corrected chi connectivity index (χ3v) is 3.44. The molecule has 5 nitrogen and oxygen atoms in total. The van der Waals surface area contributed by atoms with Crippen LogP contribution in [0.3, 0.4) is 0 Å². The summed E-state index contributed by atoms with van der Waals surface area (Å²) in [4.78, 5) is 14.0. The van der Waals surface area contributed by atoms with Gasteiger partial charge in [0.25, 0.3) is 0 Å². The normalized spacial score (nSPS) is 19.2. The fraction of sp³-hybridized carbons (Fsp3) is 0.714. The summed E-state index contributed by atoms with van der Waals surface area (Å²) in [5.41, 5.74) is 0.949. The van der Waals surface area contributed by atoms with Gasteiger partial charge in [-0.05, 0) is 25.2 Å². The van der Waals surface area contributed by atoms with E-state index in [9.17, 15) is 4.79 Å². The van der Waals surface area contributed by atoms with Crippen LogP contribution < -0.4 is 5.32 Å². The summed E-state index contributed by atoms with van der Waals surface area (Å²) < 4.78 is 5.37. The van der Waals surface area contributed by atoms with E-state index in [-0.39, 0.29) is 12.1 Å². The van der Waals surface area contributed by atoms with E-state index in [2.05, 4.69) is 24.3 Å². The highest BCUT2D eigenvalue weighted by Crippen LogP contribution is 2.32. The first kappa shape index (κ1) is 13.9. The minimum atomic E-state index is 0.00523. The van der Waals surface area contributed by atoms with Crippen molar-refractivity contribution in [2.45, 2.75) is 46.1 Å². The van der Waals surface area contributed by atoms with Crippen LogP contribution in [-0.2, 0) is 6.42 Å². The van der Waals surface area contributed by atoms with E-state index >= 15 is 0 Å². The number of amides is 2. The number of nitrogens with zero attached hydrogens (tertiary/aromatic N) is 2. The van der Waals surface area contributed by atoms with Crippen molar-refractivity contribution in [2.24, 2.45) is 5.92 Å². The van der Waals surface area contributed by atoms with Crippen molar-refractivity contribution in [3.8, 4) is 0 Å². The molecule has 1 aliphatic rings. The summed E-state index contributed by atoms with van der Waals surface area (Å²) in [5, 5.41) is 6.98. The lowest BCUT2D eigenvalue weighted by molar-refractivity contribution is 0.181. The zero-order valence-electron chi connectivity index (χ0n) is 12.0. The van der Waals surface area contributed by atoms with E-state index in [0.29, 0.717) is 12.5 Å². The summed E-state index contributed by atoms with van der Waals surface area (Å²) in [7, 11) is 0. The Morgan fingerprint density at radius 3 is 3.05 bits per heavy atom. The number of urea groups is 1. The molecule has 1 aliphatic heterocycles. The number of hydrogen-bond donors (Lipinski definition) is 1. The number of aromatic nitrogens is 1. The maximum Gasteiger partial charge on any atom is 0.318 e. The van der Waals surface area contributed by atoms with Crippen LogP contribution in [0.2, 0.25) is 0 Å². The van der Waals surface area contributed by atoms with Gasteiger partial charge in [0.1, 0.15) is 0 Å². The van der Waals surface area contributed by atoms with Gasteiger partial charge in [-0.15, -0.1) is 0 Å². The van der Waals surface area contributed by atoms with E-state index < -0.39 is 0 Å². The Bertz CT molecular complexity index is 428. The molecular weight excluding hydrogens is 242 g/mol. The van der Waals surface area contributed by atoms with Crippen LogP contribution in [-0.4, -0.2) is 29.2 Å². The molecule has 5 heteroatoms. The average molecular weight is 265 g/mol. The minimum Gasteiger partial charge on any atom is -0.359 e. The smallest absolute Gasteiger partial charge is 0.318 e. The molecule has 2 amide bonds. The van der Waals surface area contributed by atoms with Crippen LogP contribution in [0.25, 0.3) is 0 Å². The van der Waals surface area contributed by atoms with Crippen LogP contribution in [0.5, 0.6) is 0 Å². The molecule has 0 radical (unpaired) electrons. The van der Waals surface area contributed by atoms with Crippen LogP contribution in [0.15, 0.2) is 10.6 Å². The average Bonchev–Trinajstić information content (AvgIpc) is 3.03. The van der Waals surface area contributed by atoms with Crippen molar-refractivity contribution < 1.29 is 9.32 Å². The molecule has 1 fully saturated rings. The van der Waals surface area contributed by atoms with Gasteiger partial charge in [-0.1, -0.05) is 25.9 Å². The Balaban J connectivity index is 2.01. The largest absolute Gasteiger partial charge is 0.359 e. The van der Waals surface area contributed by atoms with Gasteiger partial charge in [-0.3, -0.25) is 0 Å². The van der Waals surface area contributed by atoms with Crippen LogP contribution in [0, 0.1) is 5.92 Å². The molecule has 1 aromatic heterocycles. The van der Waals surface area contributed by atoms with Gasteiger partial charge in [-0.25, -0.2) is 4.79 Å². The van der Waals surface area contributed by atoms with Crippen molar-refractivity contribution in [2.75, 3.05) is 13.1 Å². The number of carbonyl (C=O) groups is 1. The summed E-state index contributed by atoms with van der Waals surface area (Å²) in [6.07, 6.45) is 2.82. The molecule has 1 aromatic rings. The first-order valence-electron chi connectivity index (χ1n) is 7.11. The summed E-state index contributed by atoms with van der Waals surface area (Å²) in [6, 6.07) is 2.02. The molecule has 0 saturated carbocycles. The van der Waals surface area contributed by atoms with Gasteiger partial charge >= 0.3 is 6.03 Å². The second kappa shape index (κ2) is 6.08. The van der Waals surface area contributed by atoms with Gasteiger partial charge in [0.05, 0.1) is 11.7 Å². The summed E-state index contributed by atoms with van der Waals surface area (Å²) in [5.74, 6) is 1.27. The molecule has 2 heterocycles. The molecule has 0 bridgehead atoms. The standard InChI is InChI=1S/C14H23N3O2/c1-4-11-8-13(19-16-11)12-6-5-7-17(12)14(18)15-9-10(2)3/h8,10,12H,4-7,9H2,1-3H3,(H,15,18)/t12-/m1/s1. The van der Waals surface area contributed by atoms with Crippen molar-refractivity contribution >= 4 is 6.03 Å². The molecule has 2 rings (SSSR count). The quantitative estimate of drug-likeness (QED) is 0.910. The zero-order chi connectivity index (χ0) is 13.8. The predicted molar refractivity (Wildman–Crippen MR) is 72.8 cm³/mol. The highest BCUT2D eigenvalue weighted by molar-refractivity contribution is 5.75. The van der Waals surface area contributed by atoms with Crippen molar-refractivity contribution in [3.05, 3.63) is 17.5 Å². The fourth-order valence-corrected chi connectivity index (χ4v) is 2.35. The first-order chi connectivity index (χ1) is 9.11. The molecule has 0 unspecified atom stereocenters. The Hall–Kier alpha value is -1.52. The number of likely N-dealkylation sites (tertiary alicyclic amines) is 1. The van der Waals surface area contributed by atoms with Gasteiger partial charge in [0.2, 0.25) is 0 Å². The van der Waals surface area contributed by atoms with E-state index in [1.165, 1.54) is 0 Å². The van der Waals surface area contributed by atoms with Crippen molar-refractivity contribution in [1.82, 2.24) is 15.4 Å². The second-order valence-corrected chi connectivity index (χ2v) is 5.51. The minimum absolute atomic E-state index is 0.00523. The topological polar surface area (TPSA) is 58.4 Å². The lowest BCUT2D eigenvalue weighted by Crippen LogP contribution is -2.40. The van der Waals surface area contributed by atoms with Crippen LogP contribution in [0.1, 0.15) is 51.1 Å².